The average molecular weight is 283 g/mol. The first kappa shape index (κ1) is 12.7. The lowest BCUT2D eigenvalue weighted by molar-refractivity contribution is 0.102. The highest BCUT2D eigenvalue weighted by Crippen LogP contribution is 2.25. The van der Waals surface area contributed by atoms with Crippen LogP contribution < -0.4 is 5.32 Å². The topological polar surface area (TPSA) is 62.0 Å². The molecule has 1 aromatic heterocycles. The molecular weight excluding hydrogens is 275 g/mol. The maximum absolute atomic E-state index is 11.8. The number of hydrogen-bond donors (Lipinski definition) is 2. The smallest absolute Gasteiger partial charge is 0.272 e. The minimum Gasteiger partial charge on any atom is -0.348 e. The molecule has 1 heterocycles. The predicted molar refractivity (Wildman–Crippen MR) is 70.6 cm³/mol. The van der Waals surface area contributed by atoms with Crippen molar-refractivity contribution in [1.29, 1.82) is 0 Å². The van der Waals surface area contributed by atoms with Gasteiger partial charge in [0.2, 0.25) is 0 Å². The second kappa shape index (κ2) is 5.25. The first-order chi connectivity index (χ1) is 8.60. The molecule has 0 radical (unpaired) electrons. The summed E-state index contributed by atoms with van der Waals surface area (Å²) in [7, 11) is 0. The molecule has 4 nitrogen and oxygen atoms in total. The van der Waals surface area contributed by atoms with Crippen molar-refractivity contribution in [2.45, 2.75) is 0 Å². The first-order valence-corrected chi connectivity index (χ1v) is 5.76. The molecule has 0 fully saturated rings. The number of aromatic amines is 1. The Morgan fingerprint density at radius 1 is 1.22 bits per heavy atom. The predicted octanol–water partition coefficient (Wildman–Crippen LogP) is 3.39. The van der Waals surface area contributed by atoms with Crippen LogP contribution in [0.5, 0.6) is 0 Å². The Balaban J connectivity index is 2.20. The normalized spacial score (nSPS) is 10.1. The lowest BCUT2D eigenvalue weighted by Gasteiger charge is -2.06. The van der Waals surface area contributed by atoms with Crippen LogP contribution in [-0.2, 0) is 0 Å². The molecule has 0 saturated carbocycles. The lowest BCUT2D eigenvalue weighted by Crippen LogP contribution is -2.12. The molecule has 1 amide bonds. The summed E-state index contributed by atoms with van der Waals surface area (Å²) in [5.41, 5.74) is 1.02. The molecule has 92 valence electrons. The van der Waals surface area contributed by atoms with Crippen molar-refractivity contribution in [3.63, 3.8) is 0 Å². The van der Waals surface area contributed by atoms with Crippen LogP contribution in [0.1, 0.15) is 21.0 Å². The molecule has 2 aromatic rings. The fourth-order valence-electron chi connectivity index (χ4n) is 1.40. The molecule has 0 aliphatic carbocycles. The summed E-state index contributed by atoms with van der Waals surface area (Å²) >= 11 is 11.7. The van der Waals surface area contributed by atoms with Crippen molar-refractivity contribution in [2.75, 3.05) is 5.32 Å². The quantitative estimate of drug-likeness (QED) is 0.848. The molecule has 0 saturated heterocycles. The Labute approximate surface area is 113 Å². The highest BCUT2D eigenvalue weighted by atomic mass is 35.5. The van der Waals surface area contributed by atoms with Crippen LogP contribution in [0.25, 0.3) is 0 Å². The number of anilines is 1. The van der Waals surface area contributed by atoms with Gasteiger partial charge in [0.25, 0.3) is 5.91 Å². The van der Waals surface area contributed by atoms with Gasteiger partial charge in [-0.2, -0.15) is 0 Å². The summed E-state index contributed by atoms with van der Waals surface area (Å²) in [6.07, 6.45) is 0.628. The number of amides is 1. The molecule has 0 spiro atoms. The van der Waals surface area contributed by atoms with Crippen LogP contribution in [0.2, 0.25) is 10.0 Å². The molecule has 1 aromatic carbocycles. The third kappa shape index (κ3) is 2.72. The maximum atomic E-state index is 11.8. The monoisotopic (exact) mass is 282 g/mol. The van der Waals surface area contributed by atoms with Crippen molar-refractivity contribution in [1.82, 2.24) is 4.98 Å². The van der Waals surface area contributed by atoms with Crippen molar-refractivity contribution >= 4 is 41.1 Å². The van der Waals surface area contributed by atoms with Gasteiger partial charge >= 0.3 is 0 Å². The lowest BCUT2D eigenvalue weighted by atomic mass is 10.3. The van der Waals surface area contributed by atoms with Crippen LogP contribution in [0.15, 0.2) is 30.3 Å². The number of aldehydes is 1. The minimum atomic E-state index is -0.396. The van der Waals surface area contributed by atoms with Gasteiger partial charge in [0, 0.05) is 5.02 Å². The van der Waals surface area contributed by atoms with Crippen LogP contribution in [0.4, 0.5) is 5.69 Å². The van der Waals surface area contributed by atoms with E-state index >= 15 is 0 Å². The SMILES string of the molecule is O=Cc1ccc(C(=O)Nc2cc(Cl)ccc2Cl)[nH]1. The van der Waals surface area contributed by atoms with Crippen molar-refractivity contribution in [3.05, 3.63) is 51.8 Å². The third-order valence-electron chi connectivity index (χ3n) is 2.26. The van der Waals surface area contributed by atoms with Crippen molar-refractivity contribution in [2.24, 2.45) is 0 Å². The molecule has 0 atom stereocenters. The molecule has 6 heteroatoms. The zero-order chi connectivity index (χ0) is 13.1. The highest BCUT2D eigenvalue weighted by molar-refractivity contribution is 6.35. The summed E-state index contributed by atoms with van der Waals surface area (Å²) in [5.74, 6) is -0.396. The fraction of sp³-hybridized carbons (Fsp3) is 0. The highest BCUT2D eigenvalue weighted by Gasteiger charge is 2.10. The van der Waals surface area contributed by atoms with Crippen LogP contribution in [0.3, 0.4) is 0 Å². The average Bonchev–Trinajstić information content (AvgIpc) is 2.82. The number of nitrogens with one attached hydrogen (secondary N) is 2. The summed E-state index contributed by atoms with van der Waals surface area (Å²) in [6.45, 7) is 0. The number of halogens is 2. The first-order valence-electron chi connectivity index (χ1n) is 5.01. The molecule has 2 N–H and O–H groups in total. The van der Waals surface area contributed by atoms with Gasteiger partial charge in [0.1, 0.15) is 5.69 Å². The van der Waals surface area contributed by atoms with E-state index in [4.69, 9.17) is 23.2 Å². The number of aromatic nitrogens is 1. The van der Waals surface area contributed by atoms with Gasteiger partial charge in [0.05, 0.1) is 16.4 Å². The zero-order valence-electron chi connectivity index (χ0n) is 9.04. The summed E-state index contributed by atoms with van der Waals surface area (Å²) in [5, 5.41) is 3.45. The van der Waals surface area contributed by atoms with Crippen molar-refractivity contribution < 1.29 is 9.59 Å². The van der Waals surface area contributed by atoms with Crippen LogP contribution in [-0.4, -0.2) is 17.2 Å². The summed E-state index contributed by atoms with van der Waals surface area (Å²) in [4.78, 5) is 25.0. The number of hydrogen-bond acceptors (Lipinski definition) is 2. The zero-order valence-corrected chi connectivity index (χ0v) is 10.5. The van der Waals surface area contributed by atoms with E-state index in [0.29, 0.717) is 27.7 Å². The number of benzene rings is 1. The van der Waals surface area contributed by atoms with Crippen molar-refractivity contribution in [3.8, 4) is 0 Å². The summed E-state index contributed by atoms with van der Waals surface area (Å²) in [6, 6.07) is 7.79. The Morgan fingerprint density at radius 3 is 2.67 bits per heavy atom. The van der Waals surface area contributed by atoms with Gasteiger partial charge < -0.3 is 10.3 Å². The van der Waals surface area contributed by atoms with E-state index < -0.39 is 5.91 Å². The van der Waals surface area contributed by atoms with E-state index in [1.165, 1.54) is 12.1 Å². The number of carbonyl (C=O) groups is 2. The van der Waals surface area contributed by atoms with E-state index in [-0.39, 0.29) is 5.69 Å². The molecular formula is C12H8Cl2N2O2. The minimum absolute atomic E-state index is 0.271. The van der Waals surface area contributed by atoms with Crippen LogP contribution >= 0.6 is 23.2 Å². The van der Waals surface area contributed by atoms with Gasteiger partial charge in [-0.25, -0.2) is 0 Å². The standard InChI is InChI=1S/C12H8Cl2N2O2/c13-7-1-3-9(14)11(5-7)16-12(18)10-4-2-8(6-17)15-10/h1-6,15H,(H,16,18). The largest absolute Gasteiger partial charge is 0.348 e. The van der Waals surface area contributed by atoms with E-state index in [1.807, 2.05) is 0 Å². The molecule has 18 heavy (non-hydrogen) atoms. The van der Waals surface area contributed by atoms with Gasteiger partial charge in [-0.1, -0.05) is 23.2 Å². The van der Waals surface area contributed by atoms with E-state index in [9.17, 15) is 9.59 Å². The van der Waals surface area contributed by atoms with E-state index in [0.717, 1.165) is 0 Å². The second-order valence-corrected chi connectivity index (χ2v) is 4.37. The van der Waals surface area contributed by atoms with Gasteiger partial charge in [-0.05, 0) is 30.3 Å². The Bertz CT molecular complexity index is 608. The Kier molecular flexibility index (Phi) is 3.69. The summed E-state index contributed by atoms with van der Waals surface area (Å²) < 4.78 is 0. The number of carbonyl (C=O) groups excluding carboxylic acids is 2. The molecule has 0 aliphatic rings. The van der Waals surface area contributed by atoms with E-state index in [1.54, 1.807) is 18.2 Å². The molecule has 0 aliphatic heterocycles. The number of rotatable bonds is 3. The maximum Gasteiger partial charge on any atom is 0.272 e. The second-order valence-electron chi connectivity index (χ2n) is 3.52. The molecule has 0 bridgehead atoms. The van der Waals surface area contributed by atoms with Crippen LogP contribution in [0, 0.1) is 0 Å². The van der Waals surface area contributed by atoms with Gasteiger partial charge in [-0.3, -0.25) is 9.59 Å². The fourth-order valence-corrected chi connectivity index (χ4v) is 1.73. The van der Waals surface area contributed by atoms with E-state index in [2.05, 4.69) is 10.3 Å². The molecule has 0 unspecified atom stereocenters. The number of H-pyrrole nitrogens is 1. The van der Waals surface area contributed by atoms with Gasteiger partial charge in [0.15, 0.2) is 6.29 Å². The Morgan fingerprint density at radius 2 is 2.00 bits per heavy atom. The molecule has 2 rings (SSSR count). The third-order valence-corrected chi connectivity index (χ3v) is 2.82. The Hall–Kier alpha value is -1.78. The van der Waals surface area contributed by atoms with Gasteiger partial charge in [-0.15, -0.1) is 0 Å².